The Kier molecular flexibility index (Phi) is 8.70. The Bertz CT molecular complexity index is 692. The third-order valence-corrected chi connectivity index (χ3v) is 6.58. The average molecular weight is 442 g/mol. The van der Waals surface area contributed by atoms with Crippen molar-refractivity contribution in [1.82, 2.24) is 4.98 Å². The summed E-state index contributed by atoms with van der Waals surface area (Å²) in [7, 11) is 0. The van der Waals surface area contributed by atoms with Crippen molar-refractivity contribution in [3.8, 4) is 11.3 Å². The molecule has 1 heterocycles. The Balaban J connectivity index is 2.41. The van der Waals surface area contributed by atoms with Crippen LogP contribution in [0.5, 0.6) is 0 Å². The number of hydrogen-bond acceptors (Lipinski definition) is 4. The standard InChI is InChI=1S/C20H27ClN2O2Se/c1-4-7-13-23(14-8-5-2)20-22-17(15-9-11-16(21)12-10-15)18(26-20)19(24)25-6-3/h9-12H,4-8,13-14H2,1-3H3. The number of esters is 1. The maximum absolute atomic E-state index is 12.5. The first-order chi connectivity index (χ1) is 12.6. The molecule has 1 aromatic carbocycles. The molecule has 2 aromatic rings. The summed E-state index contributed by atoms with van der Waals surface area (Å²) in [6.07, 6.45) is 4.55. The topological polar surface area (TPSA) is 42.4 Å². The van der Waals surface area contributed by atoms with Crippen LogP contribution in [0.25, 0.3) is 11.3 Å². The first kappa shape index (κ1) is 21.0. The van der Waals surface area contributed by atoms with Crippen molar-refractivity contribution in [1.29, 1.82) is 0 Å². The van der Waals surface area contributed by atoms with Crippen molar-refractivity contribution in [3.05, 3.63) is 33.7 Å². The van der Waals surface area contributed by atoms with Gasteiger partial charge in [-0.2, -0.15) is 0 Å². The van der Waals surface area contributed by atoms with Crippen LogP contribution < -0.4 is 4.90 Å². The summed E-state index contributed by atoms with van der Waals surface area (Å²) in [5, 5.41) is 0.673. The normalized spacial score (nSPS) is 10.8. The summed E-state index contributed by atoms with van der Waals surface area (Å²) in [5.41, 5.74) is 1.66. The first-order valence-electron chi connectivity index (χ1n) is 9.29. The number of halogens is 1. The minimum absolute atomic E-state index is 0.136. The molecule has 0 N–H and O–H groups in total. The quantitative estimate of drug-likeness (QED) is 0.382. The fraction of sp³-hybridized carbons (Fsp3) is 0.500. The Labute approximate surface area is 167 Å². The SMILES string of the molecule is CCCCN(CCCC)c1nc(-c2ccc(Cl)cc2)c(C(=O)OCC)[se]1. The molecule has 0 atom stereocenters. The molecule has 0 aliphatic rings. The number of carbonyl (C=O) groups is 1. The molecule has 0 aliphatic heterocycles. The van der Waals surface area contributed by atoms with Crippen molar-refractivity contribution in [2.24, 2.45) is 0 Å². The van der Waals surface area contributed by atoms with Crippen LogP contribution in [0.15, 0.2) is 24.3 Å². The van der Waals surface area contributed by atoms with Gasteiger partial charge >= 0.3 is 167 Å². The van der Waals surface area contributed by atoms with Crippen LogP contribution in [0.2, 0.25) is 5.02 Å². The second kappa shape index (κ2) is 10.8. The van der Waals surface area contributed by atoms with Crippen LogP contribution in [0, 0.1) is 0 Å². The van der Waals surface area contributed by atoms with E-state index in [9.17, 15) is 4.79 Å². The zero-order chi connectivity index (χ0) is 18.9. The van der Waals surface area contributed by atoms with E-state index >= 15 is 0 Å². The van der Waals surface area contributed by atoms with E-state index in [2.05, 4.69) is 18.7 Å². The van der Waals surface area contributed by atoms with E-state index in [-0.39, 0.29) is 20.5 Å². The van der Waals surface area contributed by atoms with Crippen molar-refractivity contribution >= 4 is 36.8 Å². The van der Waals surface area contributed by atoms with E-state index < -0.39 is 0 Å². The van der Waals surface area contributed by atoms with E-state index in [1.807, 2.05) is 31.2 Å². The Hall–Kier alpha value is -1.29. The number of benzene rings is 1. The third kappa shape index (κ3) is 5.60. The molecule has 0 radical (unpaired) electrons. The minimum atomic E-state index is -0.248. The van der Waals surface area contributed by atoms with Gasteiger partial charge in [0, 0.05) is 0 Å². The van der Waals surface area contributed by atoms with Gasteiger partial charge in [0.15, 0.2) is 0 Å². The van der Waals surface area contributed by atoms with Crippen LogP contribution in [0.4, 0.5) is 4.69 Å². The van der Waals surface area contributed by atoms with Crippen molar-refractivity contribution in [2.75, 3.05) is 24.6 Å². The van der Waals surface area contributed by atoms with E-state index in [4.69, 9.17) is 21.3 Å². The third-order valence-electron chi connectivity index (χ3n) is 4.03. The molecule has 26 heavy (non-hydrogen) atoms. The van der Waals surface area contributed by atoms with Crippen LogP contribution in [0.3, 0.4) is 0 Å². The van der Waals surface area contributed by atoms with Gasteiger partial charge in [0.1, 0.15) is 0 Å². The predicted molar refractivity (Wildman–Crippen MR) is 110 cm³/mol. The summed E-state index contributed by atoms with van der Waals surface area (Å²) in [6, 6.07) is 7.50. The molecule has 0 unspecified atom stereocenters. The molecule has 2 rings (SSSR count). The molecule has 0 amide bonds. The maximum atomic E-state index is 12.5. The zero-order valence-corrected chi connectivity index (χ0v) is 18.2. The summed E-state index contributed by atoms with van der Waals surface area (Å²) < 4.78 is 7.03. The van der Waals surface area contributed by atoms with Crippen LogP contribution >= 0.6 is 11.6 Å². The molecule has 0 bridgehead atoms. The average Bonchev–Trinajstić information content (AvgIpc) is 3.08. The molecular weight excluding hydrogens is 415 g/mol. The Morgan fingerprint density at radius 1 is 1.12 bits per heavy atom. The number of ether oxygens (including phenoxy) is 1. The molecule has 1 aromatic heterocycles. The first-order valence-corrected chi connectivity index (χ1v) is 11.4. The Morgan fingerprint density at radius 3 is 2.27 bits per heavy atom. The molecule has 0 spiro atoms. The second-order valence-electron chi connectivity index (χ2n) is 6.10. The number of unbranched alkanes of at least 4 members (excludes halogenated alkanes) is 2. The number of nitrogens with zero attached hydrogens (tertiary/aromatic N) is 2. The molecule has 0 fully saturated rings. The van der Waals surface area contributed by atoms with Gasteiger partial charge in [-0.15, -0.1) is 0 Å². The fourth-order valence-electron chi connectivity index (χ4n) is 2.58. The number of carbonyl (C=O) groups excluding carboxylic acids is 1. The van der Waals surface area contributed by atoms with Gasteiger partial charge in [0.2, 0.25) is 0 Å². The van der Waals surface area contributed by atoms with Crippen LogP contribution in [0.1, 0.15) is 55.7 Å². The van der Waals surface area contributed by atoms with Gasteiger partial charge in [0.05, 0.1) is 0 Å². The van der Waals surface area contributed by atoms with E-state index in [0.29, 0.717) is 16.1 Å². The molecule has 4 nitrogen and oxygen atoms in total. The number of aromatic nitrogens is 1. The van der Waals surface area contributed by atoms with Gasteiger partial charge in [-0.25, -0.2) is 0 Å². The molecular formula is C20H27ClN2O2Se. The zero-order valence-electron chi connectivity index (χ0n) is 15.8. The van der Waals surface area contributed by atoms with Gasteiger partial charge < -0.3 is 0 Å². The fourth-order valence-corrected chi connectivity index (χ4v) is 4.88. The second-order valence-corrected chi connectivity index (χ2v) is 8.58. The van der Waals surface area contributed by atoms with E-state index in [0.717, 1.165) is 54.7 Å². The number of hydrogen-bond donors (Lipinski definition) is 0. The number of anilines is 1. The van der Waals surface area contributed by atoms with Crippen molar-refractivity contribution in [2.45, 2.75) is 46.5 Å². The van der Waals surface area contributed by atoms with E-state index in [1.54, 1.807) is 0 Å². The monoisotopic (exact) mass is 442 g/mol. The predicted octanol–water partition coefficient (Wildman–Crippen LogP) is 5.04. The summed E-state index contributed by atoms with van der Waals surface area (Å²) in [6.45, 7) is 8.57. The molecule has 0 saturated heterocycles. The molecule has 0 saturated carbocycles. The van der Waals surface area contributed by atoms with Crippen molar-refractivity contribution < 1.29 is 9.53 Å². The van der Waals surface area contributed by atoms with Gasteiger partial charge in [-0.1, -0.05) is 0 Å². The Morgan fingerprint density at radius 2 is 1.73 bits per heavy atom. The summed E-state index contributed by atoms with van der Waals surface area (Å²) in [4.78, 5) is 19.8. The number of rotatable bonds is 10. The summed E-state index contributed by atoms with van der Waals surface area (Å²) in [5.74, 6) is -0.248. The van der Waals surface area contributed by atoms with Gasteiger partial charge in [-0.3, -0.25) is 0 Å². The summed E-state index contributed by atoms with van der Waals surface area (Å²) >= 11 is 5.88. The molecule has 6 heteroatoms. The van der Waals surface area contributed by atoms with Crippen molar-refractivity contribution in [3.63, 3.8) is 0 Å². The van der Waals surface area contributed by atoms with Gasteiger partial charge in [-0.05, 0) is 0 Å². The molecule has 0 aliphatic carbocycles. The van der Waals surface area contributed by atoms with Crippen LogP contribution in [-0.2, 0) is 4.74 Å². The van der Waals surface area contributed by atoms with E-state index in [1.165, 1.54) is 0 Å². The van der Waals surface area contributed by atoms with Gasteiger partial charge in [0.25, 0.3) is 0 Å². The molecule has 142 valence electrons. The van der Waals surface area contributed by atoms with Crippen LogP contribution in [-0.4, -0.2) is 45.2 Å².